The molecule has 2 heterocycles. The van der Waals surface area contributed by atoms with Gasteiger partial charge in [-0.05, 0) is 6.07 Å². The minimum atomic E-state index is 0.442. The van der Waals surface area contributed by atoms with Gasteiger partial charge in [-0.3, -0.25) is 9.80 Å². The highest BCUT2D eigenvalue weighted by Crippen LogP contribution is 2.35. The van der Waals surface area contributed by atoms with Crippen LogP contribution < -0.4 is 0 Å². The first-order valence-corrected chi connectivity index (χ1v) is 10.3. The molecule has 1 fully saturated rings. The van der Waals surface area contributed by atoms with Crippen LogP contribution in [0.2, 0.25) is 10.0 Å². The van der Waals surface area contributed by atoms with Crippen LogP contribution in [0.3, 0.4) is 0 Å². The second-order valence-electron chi connectivity index (χ2n) is 6.93. The minimum Gasteiger partial charge on any atom is -0.379 e. The Morgan fingerprint density at radius 2 is 1.86 bits per heavy atom. The fourth-order valence-corrected chi connectivity index (χ4v) is 3.81. The summed E-state index contributed by atoms with van der Waals surface area (Å²) in [5.41, 5.74) is 2.04. The van der Waals surface area contributed by atoms with Crippen molar-refractivity contribution >= 4 is 23.2 Å². The predicted octanol–water partition coefficient (Wildman–Crippen LogP) is 3.84. The molecule has 0 N–H and O–H groups in total. The number of benzene rings is 1. The molecule has 0 unspecified atom stereocenters. The van der Waals surface area contributed by atoms with E-state index in [-0.39, 0.29) is 0 Å². The van der Waals surface area contributed by atoms with Crippen LogP contribution in [0.25, 0.3) is 11.1 Å². The summed E-state index contributed by atoms with van der Waals surface area (Å²) in [6, 6.07) is 9.88. The first kappa shape index (κ1) is 21.6. The quantitative estimate of drug-likeness (QED) is 0.634. The molecule has 1 aromatic carbocycles. The summed E-state index contributed by atoms with van der Waals surface area (Å²) in [6.45, 7) is 6.45. The SMILES string of the molecule is N#CCCN(CCN1CCOCC1)Cn1cc(C#N)c(-c2cccc(Cl)c2Cl)c1. The molecule has 1 aromatic heterocycles. The topological polar surface area (TPSA) is 68.2 Å². The summed E-state index contributed by atoms with van der Waals surface area (Å²) in [6.07, 6.45) is 4.20. The summed E-state index contributed by atoms with van der Waals surface area (Å²) in [5, 5.41) is 19.5. The Kier molecular flexibility index (Phi) is 7.94. The Bertz CT molecular complexity index is 909. The molecule has 0 saturated carbocycles. The van der Waals surface area contributed by atoms with E-state index >= 15 is 0 Å². The third-order valence-electron chi connectivity index (χ3n) is 4.98. The Morgan fingerprint density at radius 3 is 2.59 bits per heavy atom. The molecule has 6 nitrogen and oxygen atoms in total. The molecule has 29 heavy (non-hydrogen) atoms. The van der Waals surface area contributed by atoms with Gasteiger partial charge in [0.25, 0.3) is 0 Å². The lowest BCUT2D eigenvalue weighted by atomic mass is 10.1. The maximum atomic E-state index is 9.59. The van der Waals surface area contributed by atoms with Crippen LogP contribution >= 0.6 is 23.2 Å². The van der Waals surface area contributed by atoms with Crippen molar-refractivity contribution in [2.24, 2.45) is 0 Å². The van der Waals surface area contributed by atoms with E-state index in [0.717, 1.165) is 50.5 Å². The van der Waals surface area contributed by atoms with Crippen LogP contribution in [-0.2, 0) is 11.4 Å². The molecule has 1 saturated heterocycles. The van der Waals surface area contributed by atoms with Gasteiger partial charge in [0, 0.05) is 62.7 Å². The predicted molar refractivity (Wildman–Crippen MR) is 114 cm³/mol. The standard InChI is InChI=1S/C21H23Cl2N5O/c22-20-4-1-3-18(21(20)23)19-15-28(14-17(19)13-25)16-27(6-2-5-24)8-7-26-9-11-29-12-10-26/h1,3-4,14-15H,2,6-12,16H2. The first-order valence-electron chi connectivity index (χ1n) is 9.56. The summed E-state index contributed by atoms with van der Waals surface area (Å²) >= 11 is 12.5. The second kappa shape index (κ2) is 10.6. The van der Waals surface area contributed by atoms with Crippen LogP contribution in [-0.4, -0.2) is 60.3 Å². The van der Waals surface area contributed by atoms with Crippen molar-refractivity contribution in [3.63, 3.8) is 0 Å². The van der Waals surface area contributed by atoms with Gasteiger partial charge in [0.2, 0.25) is 0 Å². The van der Waals surface area contributed by atoms with Crippen molar-refractivity contribution in [3.8, 4) is 23.3 Å². The molecule has 0 bridgehead atoms. The lowest BCUT2D eigenvalue weighted by Gasteiger charge is -2.30. The van der Waals surface area contributed by atoms with Crippen LogP contribution in [0.1, 0.15) is 12.0 Å². The molecular weight excluding hydrogens is 409 g/mol. The number of hydrogen-bond acceptors (Lipinski definition) is 5. The molecule has 0 amide bonds. The molecular formula is C21H23Cl2N5O. The largest absolute Gasteiger partial charge is 0.379 e. The molecule has 3 rings (SSSR count). The minimum absolute atomic E-state index is 0.442. The highest BCUT2D eigenvalue weighted by Gasteiger charge is 2.16. The summed E-state index contributed by atoms with van der Waals surface area (Å²) in [7, 11) is 0. The number of aromatic nitrogens is 1. The zero-order valence-corrected chi connectivity index (χ0v) is 17.7. The maximum Gasteiger partial charge on any atom is 0.101 e. The lowest BCUT2D eigenvalue weighted by Crippen LogP contribution is -2.42. The second-order valence-corrected chi connectivity index (χ2v) is 7.72. The van der Waals surface area contributed by atoms with E-state index in [1.807, 2.05) is 29.1 Å². The fraction of sp³-hybridized carbons (Fsp3) is 0.429. The fourth-order valence-electron chi connectivity index (χ4n) is 3.41. The van der Waals surface area contributed by atoms with Gasteiger partial charge < -0.3 is 9.30 Å². The van der Waals surface area contributed by atoms with Crippen LogP contribution in [0.4, 0.5) is 0 Å². The third-order valence-corrected chi connectivity index (χ3v) is 5.80. The lowest BCUT2D eigenvalue weighted by molar-refractivity contribution is 0.0318. The number of morpholine rings is 1. The Labute approximate surface area is 181 Å². The van der Waals surface area contributed by atoms with E-state index in [1.54, 1.807) is 6.07 Å². The van der Waals surface area contributed by atoms with E-state index in [0.29, 0.717) is 35.2 Å². The monoisotopic (exact) mass is 431 g/mol. The highest BCUT2D eigenvalue weighted by molar-refractivity contribution is 6.43. The van der Waals surface area contributed by atoms with Crippen molar-refractivity contribution in [2.75, 3.05) is 45.9 Å². The maximum absolute atomic E-state index is 9.59. The molecule has 0 radical (unpaired) electrons. The zero-order valence-electron chi connectivity index (χ0n) is 16.2. The van der Waals surface area contributed by atoms with Crippen molar-refractivity contribution in [1.82, 2.24) is 14.4 Å². The summed E-state index contributed by atoms with van der Waals surface area (Å²) in [4.78, 5) is 4.60. The number of nitrogens with zero attached hydrogens (tertiary/aromatic N) is 5. The normalized spacial score (nSPS) is 14.7. The zero-order chi connectivity index (χ0) is 20.6. The molecule has 1 aliphatic rings. The highest BCUT2D eigenvalue weighted by atomic mass is 35.5. The number of hydrogen-bond donors (Lipinski definition) is 0. The molecule has 152 valence electrons. The molecule has 8 heteroatoms. The number of rotatable bonds is 8. The number of nitriles is 2. The van der Waals surface area contributed by atoms with Crippen molar-refractivity contribution < 1.29 is 4.74 Å². The average Bonchev–Trinajstić information content (AvgIpc) is 3.15. The van der Waals surface area contributed by atoms with Crippen molar-refractivity contribution in [3.05, 3.63) is 46.2 Å². The Hall–Kier alpha value is -2.06. The van der Waals surface area contributed by atoms with Crippen LogP contribution in [0.15, 0.2) is 30.6 Å². The van der Waals surface area contributed by atoms with Crippen molar-refractivity contribution in [2.45, 2.75) is 13.1 Å². The summed E-state index contributed by atoms with van der Waals surface area (Å²) < 4.78 is 7.38. The molecule has 2 aromatic rings. The molecule has 0 atom stereocenters. The average molecular weight is 432 g/mol. The number of halogens is 2. The van der Waals surface area contributed by atoms with Gasteiger partial charge in [-0.1, -0.05) is 35.3 Å². The van der Waals surface area contributed by atoms with Crippen LogP contribution in [0.5, 0.6) is 0 Å². The van der Waals surface area contributed by atoms with E-state index in [2.05, 4.69) is 21.9 Å². The van der Waals surface area contributed by atoms with Gasteiger partial charge in [0.1, 0.15) is 6.07 Å². The van der Waals surface area contributed by atoms with E-state index < -0.39 is 0 Å². The Balaban J connectivity index is 1.75. The van der Waals surface area contributed by atoms with E-state index in [9.17, 15) is 5.26 Å². The van der Waals surface area contributed by atoms with Gasteiger partial charge in [-0.25, -0.2) is 0 Å². The molecule has 0 spiro atoms. The first-order chi connectivity index (χ1) is 14.1. The molecule has 0 aliphatic carbocycles. The van der Waals surface area contributed by atoms with E-state index in [4.69, 9.17) is 33.2 Å². The van der Waals surface area contributed by atoms with Gasteiger partial charge in [-0.2, -0.15) is 10.5 Å². The van der Waals surface area contributed by atoms with Gasteiger partial charge in [0.05, 0.1) is 41.6 Å². The number of ether oxygens (including phenoxy) is 1. The van der Waals surface area contributed by atoms with Gasteiger partial charge >= 0.3 is 0 Å². The third kappa shape index (κ3) is 5.73. The Morgan fingerprint density at radius 1 is 1.07 bits per heavy atom. The smallest absolute Gasteiger partial charge is 0.101 e. The van der Waals surface area contributed by atoms with Crippen LogP contribution in [0, 0.1) is 22.7 Å². The van der Waals surface area contributed by atoms with Crippen molar-refractivity contribution in [1.29, 1.82) is 10.5 Å². The van der Waals surface area contributed by atoms with Gasteiger partial charge in [0.15, 0.2) is 0 Å². The van der Waals surface area contributed by atoms with Gasteiger partial charge in [-0.15, -0.1) is 0 Å². The summed E-state index contributed by atoms with van der Waals surface area (Å²) in [5.74, 6) is 0. The molecule has 1 aliphatic heterocycles. The van der Waals surface area contributed by atoms with E-state index in [1.165, 1.54) is 0 Å².